The van der Waals surface area contributed by atoms with Gasteiger partial charge in [-0.2, -0.15) is 0 Å². The summed E-state index contributed by atoms with van der Waals surface area (Å²) in [5.41, 5.74) is 5.54. The summed E-state index contributed by atoms with van der Waals surface area (Å²) >= 11 is 0. The SMILES string of the molecule is CNC(=O)NC(=O)CN1CCCC(CCN)C1. The van der Waals surface area contributed by atoms with E-state index in [4.69, 9.17) is 5.73 Å². The fourth-order valence-electron chi connectivity index (χ4n) is 2.20. The molecule has 17 heavy (non-hydrogen) atoms. The number of carbonyl (C=O) groups is 2. The first-order chi connectivity index (χ1) is 8.15. The summed E-state index contributed by atoms with van der Waals surface area (Å²) in [6, 6.07) is -0.453. The number of amides is 3. The van der Waals surface area contributed by atoms with Crippen molar-refractivity contribution in [3.8, 4) is 0 Å². The smallest absolute Gasteiger partial charge is 0.321 e. The Morgan fingerprint density at radius 2 is 2.24 bits per heavy atom. The van der Waals surface area contributed by atoms with E-state index >= 15 is 0 Å². The van der Waals surface area contributed by atoms with Crippen LogP contribution in [0.15, 0.2) is 0 Å². The van der Waals surface area contributed by atoms with E-state index in [1.165, 1.54) is 13.5 Å². The third-order valence-corrected chi connectivity index (χ3v) is 3.03. The molecule has 0 saturated carbocycles. The Bertz CT molecular complexity index is 268. The van der Waals surface area contributed by atoms with Crippen LogP contribution in [0.2, 0.25) is 0 Å². The molecule has 98 valence electrons. The van der Waals surface area contributed by atoms with Crippen molar-refractivity contribution < 1.29 is 9.59 Å². The van der Waals surface area contributed by atoms with Crippen LogP contribution in [-0.2, 0) is 4.79 Å². The quantitative estimate of drug-likeness (QED) is 0.620. The standard InChI is InChI=1S/C11H22N4O2/c1-13-11(17)14-10(16)8-15-6-2-3-9(7-15)4-5-12/h9H,2-8,12H2,1H3,(H2,13,14,16,17). The number of imide groups is 1. The first-order valence-electron chi connectivity index (χ1n) is 6.09. The molecule has 6 nitrogen and oxygen atoms in total. The van der Waals surface area contributed by atoms with Gasteiger partial charge in [0.25, 0.3) is 0 Å². The Hall–Kier alpha value is -1.14. The van der Waals surface area contributed by atoms with Gasteiger partial charge in [0, 0.05) is 13.6 Å². The molecule has 1 aliphatic heterocycles. The maximum Gasteiger partial charge on any atom is 0.321 e. The second kappa shape index (κ2) is 7.24. The lowest BCUT2D eigenvalue weighted by Crippen LogP contribution is -2.46. The number of piperidine rings is 1. The van der Waals surface area contributed by atoms with Gasteiger partial charge < -0.3 is 11.1 Å². The van der Waals surface area contributed by atoms with Crippen LogP contribution in [0.3, 0.4) is 0 Å². The normalized spacial score (nSPS) is 20.9. The zero-order chi connectivity index (χ0) is 12.7. The van der Waals surface area contributed by atoms with Crippen LogP contribution in [0.4, 0.5) is 4.79 Å². The van der Waals surface area contributed by atoms with E-state index in [0.29, 0.717) is 12.5 Å². The van der Waals surface area contributed by atoms with Crippen molar-refractivity contribution in [3.05, 3.63) is 0 Å². The number of nitrogens with one attached hydrogen (secondary N) is 2. The van der Waals surface area contributed by atoms with E-state index in [2.05, 4.69) is 15.5 Å². The first-order valence-corrected chi connectivity index (χ1v) is 6.09. The number of urea groups is 1. The van der Waals surface area contributed by atoms with Crippen LogP contribution < -0.4 is 16.4 Å². The van der Waals surface area contributed by atoms with Crippen LogP contribution in [0.5, 0.6) is 0 Å². The highest BCUT2D eigenvalue weighted by Gasteiger charge is 2.21. The Morgan fingerprint density at radius 1 is 1.47 bits per heavy atom. The number of likely N-dealkylation sites (tertiary alicyclic amines) is 1. The zero-order valence-corrected chi connectivity index (χ0v) is 10.4. The molecule has 1 saturated heterocycles. The van der Waals surface area contributed by atoms with Crippen LogP contribution >= 0.6 is 0 Å². The molecule has 0 aromatic heterocycles. The second-order valence-corrected chi connectivity index (χ2v) is 4.45. The number of hydrogen-bond donors (Lipinski definition) is 3. The number of rotatable bonds is 4. The van der Waals surface area contributed by atoms with Crippen LogP contribution in [0.1, 0.15) is 19.3 Å². The Kier molecular flexibility index (Phi) is 5.93. The average Bonchev–Trinajstić information content (AvgIpc) is 2.29. The summed E-state index contributed by atoms with van der Waals surface area (Å²) in [6.45, 7) is 2.80. The monoisotopic (exact) mass is 242 g/mol. The van der Waals surface area contributed by atoms with Gasteiger partial charge in [-0.25, -0.2) is 4.79 Å². The van der Waals surface area contributed by atoms with Gasteiger partial charge in [0.15, 0.2) is 0 Å². The molecule has 6 heteroatoms. The van der Waals surface area contributed by atoms with E-state index in [-0.39, 0.29) is 12.5 Å². The molecular formula is C11H22N4O2. The lowest BCUT2D eigenvalue weighted by molar-refractivity contribution is -0.121. The molecule has 1 heterocycles. The maximum atomic E-state index is 11.5. The van der Waals surface area contributed by atoms with Gasteiger partial charge in [-0.1, -0.05) is 0 Å². The Balaban J connectivity index is 2.30. The van der Waals surface area contributed by atoms with Gasteiger partial charge in [0.2, 0.25) is 5.91 Å². The van der Waals surface area contributed by atoms with Gasteiger partial charge >= 0.3 is 6.03 Å². The molecule has 0 bridgehead atoms. The molecule has 1 fully saturated rings. The molecule has 4 N–H and O–H groups in total. The van der Waals surface area contributed by atoms with Gasteiger partial charge in [-0.3, -0.25) is 15.0 Å². The van der Waals surface area contributed by atoms with Crippen molar-refractivity contribution in [2.75, 3.05) is 33.2 Å². The van der Waals surface area contributed by atoms with E-state index in [9.17, 15) is 9.59 Å². The number of carbonyl (C=O) groups excluding carboxylic acids is 2. The van der Waals surface area contributed by atoms with Gasteiger partial charge in [0.05, 0.1) is 6.54 Å². The van der Waals surface area contributed by atoms with Crippen molar-refractivity contribution in [1.29, 1.82) is 0 Å². The van der Waals surface area contributed by atoms with Crippen molar-refractivity contribution >= 4 is 11.9 Å². The molecule has 1 aliphatic rings. The summed E-state index contributed by atoms with van der Waals surface area (Å²) in [7, 11) is 1.49. The van der Waals surface area contributed by atoms with Crippen LogP contribution in [0.25, 0.3) is 0 Å². The van der Waals surface area contributed by atoms with Gasteiger partial charge in [-0.05, 0) is 38.3 Å². The van der Waals surface area contributed by atoms with Crippen LogP contribution in [0, 0.1) is 5.92 Å². The van der Waals surface area contributed by atoms with Gasteiger partial charge in [0.1, 0.15) is 0 Å². The molecule has 3 amide bonds. The maximum absolute atomic E-state index is 11.5. The Morgan fingerprint density at radius 3 is 2.88 bits per heavy atom. The highest BCUT2D eigenvalue weighted by Crippen LogP contribution is 2.18. The molecule has 1 atom stereocenters. The molecule has 1 unspecified atom stereocenters. The lowest BCUT2D eigenvalue weighted by Gasteiger charge is -2.31. The van der Waals surface area contributed by atoms with E-state index in [1.807, 2.05) is 0 Å². The third-order valence-electron chi connectivity index (χ3n) is 3.03. The minimum Gasteiger partial charge on any atom is -0.341 e. The molecule has 0 aromatic rings. The minimum atomic E-state index is -0.453. The summed E-state index contributed by atoms with van der Waals surface area (Å²) in [6.07, 6.45) is 3.29. The van der Waals surface area contributed by atoms with E-state index in [0.717, 1.165) is 25.9 Å². The Labute approximate surface area is 102 Å². The average molecular weight is 242 g/mol. The highest BCUT2D eigenvalue weighted by molar-refractivity contribution is 5.95. The van der Waals surface area contributed by atoms with Gasteiger partial charge in [-0.15, -0.1) is 0 Å². The number of nitrogens with zero attached hydrogens (tertiary/aromatic N) is 1. The molecular weight excluding hydrogens is 220 g/mol. The largest absolute Gasteiger partial charge is 0.341 e. The predicted octanol–water partition coefficient (Wildman–Crippen LogP) is -0.497. The summed E-state index contributed by atoms with van der Waals surface area (Å²) in [4.78, 5) is 24.5. The van der Waals surface area contributed by atoms with Crippen molar-refractivity contribution in [3.63, 3.8) is 0 Å². The summed E-state index contributed by atoms with van der Waals surface area (Å²) in [5, 5.41) is 4.62. The van der Waals surface area contributed by atoms with E-state index in [1.54, 1.807) is 0 Å². The highest BCUT2D eigenvalue weighted by atomic mass is 16.2. The van der Waals surface area contributed by atoms with E-state index < -0.39 is 6.03 Å². The molecule has 0 radical (unpaired) electrons. The third kappa shape index (κ3) is 5.14. The van der Waals surface area contributed by atoms with Crippen molar-refractivity contribution in [1.82, 2.24) is 15.5 Å². The number of hydrogen-bond acceptors (Lipinski definition) is 4. The molecule has 1 rings (SSSR count). The first kappa shape index (κ1) is 13.9. The topological polar surface area (TPSA) is 87.5 Å². The number of nitrogens with two attached hydrogens (primary N) is 1. The van der Waals surface area contributed by atoms with Crippen molar-refractivity contribution in [2.24, 2.45) is 11.7 Å². The molecule has 0 spiro atoms. The molecule has 0 aromatic carbocycles. The zero-order valence-electron chi connectivity index (χ0n) is 10.4. The molecule has 0 aliphatic carbocycles. The predicted molar refractivity (Wildman–Crippen MR) is 65.4 cm³/mol. The fraction of sp³-hybridized carbons (Fsp3) is 0.818. The van der Waals surface area contributed by atoms with Crippen molar-refractivity contribution in [2.45, 2.75) is 19.3 Å². The lowest BCUT2D eigenvalue weighted by atomic mass is 9.95. The minimum absolute atomic E-state index is 0.252. The summed E-state index contributed by atoms with van der Waals surface area (Å²) < 4.78 is 0. The fourth-order valence-corrected chi connectivity index (χ4v) is 2.20. The van der Waals surface area contributed by atoms with Crippen LogP contribution in [-0.4, -0.2) is 50.1 Å². The summed E-state index contributed by atoms with van der Waals surface area (Å²) in [5.74, 6) is 0.333. The second-order valence-electron chi connectivity index (χ2n) is 4.45.